The zero-order valence-electron chi connectivity index (χ0n) is 15.8. The number of aromatic nitrogens is 3. The molecule has 1 fully saturated rings. The highest BCUT2D eigenvalue weighted by Crippen LogP contribution is 2.42. The number of rotatable bonds is 5. The van der Waals surface area contributed by atoms with Gasteiger partial charge < -0.3 is 10.1 Å². The topological polar surface area (TPSA) is 69.0 Å². The molecule has 1 aromatic heterocycles. The minimum absolute atomic E-state index is 0.158. The highest BCUT2D eigenvalue weighted by molar-refractivity contribution is 9.10. The molecule has 148 valence electrons. The number of nitrogens with one attached hydrogen (secondary N) is 1. The van der Waals surface area contributed by atoms with Crippen LogP contribution in [-0.2, 0) is 6.42 Å². The van der Waals surface area contributed by atoms with Gasteiger partial charge in [0.25, 0.3) is 5.91 Å². The minimum Gasteiger partial charge on any atom is -0.493 e. The van der Waals surface area contributed by atoms with E-state index in [1.165, 1.54) is 5.56 Å². The van der Waals surface area contributed by atoms with Crippen molar-refractivity contribution in [3.63, 3.8) is 0 Å². The summed E-state index contributed by atoms with van der Waals surface area (Å²) in [7, 11) is 0. The van der Waals surface area contributed by atoms with Crippen molar-refractivity contribution in [1.82, 2.24) is 20.3 Å². The van der Waals surface area contributed by atoms with Crippen molar-refractivity contribution in [2.24, 2.45) is 5.92 Å². The summed E-state index contributed by atoms with van der Waals surface area (Å²) in [5.74, 6) is 1.39. The highest BCUT2D eigenvalue weighted by atomic mass is 79.9. The fourth-order valence-corrected chi connectivity index (χ4v) is 4.05. The van der Waals surface area contributed by atoms with E-state index >= 15 is 0 Å². The molecule has 0 saturated heterocycles. The Hall–Kier alpha value is -2.67. The Bertz CT molecular complexity index is 1040. The molecule has 0 spiro atoms. The molecular weight excluding hydrogens is 432 g/mol. The monoisotopic (exact) mass is 452 g/mol. The number of fused-ring (bicyclic) bond motifs is 1. The lowest BCUT2D eigenvalue weighted by Crippen LogP contribution is -2.35. The number of benzene rings is 2. The molecule has 5 rings (SSSR count). The van der Waals surface area contributed by atoms with E-state index in [9.17, 15) is 4.79 Å². The third-order valence-corrected chi connectivity index (χ3v) is 5.99. The van der Waals surface area contributed by atoms with Crippen molar-refractivity contribution in [1.29, 1.82) is 0 Å². The number of halogens is 1. The number of hydrogen-bond acceptors (Lipinski definition) is 4. The molecule has 1 unspecified atom stereocenters. The SMILES string of the molecule is O=C(NCC1COc2ccccc2C1)c1nnn(-c2ccc(Br)cc2)c1C1CC1. The van der Waals surface area contributed by atoms with Crippen LogP contribution < -0.4 is 10.1 Å². The Morgan fingerprint density at radius 3 is 2.76 bits per heavy atom. The van der Waals surface area contributed by atoms with E-state index in [1.54, 1.807) is 4.68 Å². The molecule has 2 aliphatic rings. The number of amides is 1. The van der Waals surface area contributed by atoms with Gasteiger partial charge in [-0.15, -0.1) is 5.10 Å². The Morgan fingerprint density at radius 1 is 1.17 bits per heavy atom. The lowest BCUT2D eigenvalue weighted by molar-refractivity contribution is 0.0933. The standard InChI is InChI=1S/C22H21BrN4O2/c23-17-7-9-18(10-8-17)27-21(15-5-6-15)20(25-26-27)22(28)24-12-14-11-16-3-1-2-4-19(16)29-13-14/h1-4,7-10,14-15H,5-6,11-13H2,(H,24,28). The quantitative estimate of drug-likeness (QED) is 0.637. The molecule has 1 aliphatic heterocycles. The maximum atomic E-state index is 12.9. The number of hydrogen-bond donors (Lipinski definition) is 1. The first-order chi connectivity index (χ1) is 14.2. The third-order valence-electron chi connectivity index (χ3n) is 5.46. The summed E-state index contributed by atoms with van der Waals surface area (Å²) in [6, 6.07) is 16.0. The number of carbonyl (C=O) groups is 1. The molecule has 1 N–H and O–H groups in total. The first-order valence-electron chi connectivity index (χ1n) is 9.89. The lowest BCUT2D eigenvalue weighted by atomic mass is 9.97. The molecule has 6 nitrogen and oxygen atoms in total. The van der Waals surface area contributed by atoms with E-state index in [0.717, 1.165) is 40.9 Å². The Kier molecular flexibility index (Phi) is 4.83. The van der Waals surface area contributed by atoms with Crippen LogP contribution in [0.3, 0.4) is 0 Å². The van der Waals surface area contributed by atoms with Crippen molar-refractivity contribution in [2.75, 3.05) is 13.2 Å². The third kappa shape index (κ3) is 3.79. The molecule has 2 aromatic carbocycles. The Morgan fingerprint density at radius 2 is 1.97 bits per heavy atom. The molecule has 0 radical (unpaired) electrons. The van der Waals surface area contributed by atoms with Crippen LogP contribution in [0.2, 0.25) is 0 Å². The zero-order chi connectivity index (χ0) is 19.8. The predicted molar refractivity (Wildman–Crippen MR) is 112 cm³/mol. The number of ether oxygens (including phenoxy) is 1. The predicted octanol–water partition coefficient (Wildman–Crippen LogP) is 3.89. The molecule has 0 bridgehead atoms. The highest BCUT2D eigenvalue weighted by Gasteiger charge is 2.34. The van der Waals surface area contributed by atoms with Crippen molar-refractivity contribution in [3.05, 3.63) is 70.0 Å². The van der Waals surface area contributed by atoms with E-state index in [1.807, 2.05) is 42.5 Å². The molecule has 29 heavy (non-hydrogen) atoms. The molecule has 1 aliphatic carbocycles. The summed E-state index contributed by atoms with van der Waals surface area (Å²) in [6.45, 7) is 1.17. The van der Waals surface area contributed by atoms with Gasteiger partial charge in [-0.1, -0.05) is 39.3 Å². The number of carbonyl (C=O) groups excluding carboxylic acids is 1. The van der Waals surface area contributed by atoms with Crippen LogP contribution in [-0.4, -0.2) is 34.1 Å². The summed E-state index contributed by atoms with van der Waals surface area (Å²) >= 11 is 3.46. The second-order valence-corrected chi connectivity index (χ2v) is 8.60. The summed E-state index contributed by atoms with van der Waals surface area (Å²) in [5, 5.41) is 11.6. The molecular formula is C22H21BrN4O2. The van der Waals surface area contributed by atoms with Crippen molar-refractivity contribution >= 4 is 21.8 Å². The van der Waals surface area contributed by atoms with Crippen LogP contribution in [0, 0.1) is 5.92 Å². The van der Waals surface area contributed by atoms with Gasteiger partial charge in [0.2, 0.25) is 0 Å². The van der Waals surface area contributed by atoms with Gasteiger partial charge in [0.15, 0.2) is 5.69 Å². The van der Waals surface area contributed by atoms with E-state index in [0.29, 0.717) is 24.8 Å². The number of nitrogens with zero attached hydrogens (tertiary/aromatic N) is 3. The average Bonchev–Trinajstić information content (AvgIpc) is 3.50. The van der Waals surface area contributed by atoms with Crippen molar-refractivity contribution in [2.45, 2.75) is 25.2 Å². The van der Waals surface area contributed by atoms with Crippen LogP contribution in [0.25, 0.3) is 5.69 Å². The average molecular weight is 453 g/mol. The van der Waals surface area contributed by atoms with Crippen LogP contribution in [0.1, 0.15) is 40.5 Å². The fraction of sp³-hybridized carbons (Fsp3) is 0.318. The second-order valence-electron chi connectivity index (χ2n) is 7.68. The van der Waals surface area contributed by atoms with Crippen molar-refractivity contribution in [3.8, 4) is 11.4 Å². The van der Waals surface area contributed by atoms with Crippen LogP contribution >= 0.6 is 15.9 Å². The summed E-state index contributed by atoms with van der Waals surface area (Å²) in [5.41, 5.74) is 3.46. The Balaban J connectivity index is 1.31. The smallest absolute Gasteiger partial charge is 0.273 e. The first-order valence-corrected chi connectivity index (χ1v) is 10.7. The maximum absolute atomic E-state index is 12.9. The largest absolute Gasteiger partial charge is 0.493 e. The second kappa shape index (κ2) is 7.63. The minimum atomic E-state index is -0.158. The van der Waals surface area contributed by atoms with Crippen LogP contribution in [0.4, 0.5) is 0 Å². The van der Waals surface area contributed by atoms with Gasteiger partial charge >= 0.3 is 0 Å². The lowest BCUT2D eigenvalue weighted by Gasteiger charge is -2.25. The molecule has 3 aromatic rings. The van der Waals surface area contributed by atoms with Gasteiger partial charge in [0.1, 0.15) is 5.75 Å². The zero-order valence-corrected chi connectivity index (χ0v) is 17.4. The summed E-state index contributed by atoms with van der Waals surface area (Å²) in [4.78, 5) is 12.9. The fourth-order valence-electron chi connectivity index (χ4n) is 3.79. The van der Waals surface area contributed by atoms with E-state index in [4.69, 9.17) is 4.74 Å². The van der Waals surface area contributed by atoms with Gasteiger partial charge in [-0.25, -0.2) is 4.68 Å². The molecule has 1 amide bonds. The van der Waals surface area contributed by atoms with E-state index < -0.39 is 0 Å². The molecule has 1 saturated carbocycles. The van der Waals surface area contributed by atoms with Crippen LogP contribution in [0.5, 0.6) is 5.75 Å². The van der Waals surface area contributed by atoms with Gasteiger partial charge in [-0.05, 0) is 55.2 Å². The first kappa shape index (κ1) is 18.4. The van der Waals surface area contributed by atoms with Gasteiger partial charge in [-0.2, -0.15) is 0 Å². The molecule has 1 atom stereocenters. The summed E-state index contributed by atoms with van der Waals surface area (Å²) in [6.07, 6.45) is 3.03. The summed E-state index contributed by atoms with van der Waals surface area (Å²) < 4.78 is 8.64. The van der Waals surface area contributed by atoms with Gasteiger partial charge in [0.05, 0.1) is 18.0 Å². The van der Waals surface area contributed by atoms with E-state index in [2.05, 4.69) is 37.6 Å². The van der Waals surface area contributed by atoms with Crippen molar-refractivity contribution < 1.29 is 9.53 Å². The van der Waals surface area contributed by atoms with Gasteiger partial charge in [-0.3, -0.25) is 4.79 Å². The van der Waals surface area contributed by atoms with E-state index in [-0.39, 0.29) is 11.8 Å². The van der Waals surface area contributed by atoms with Crippen LogP contribution in [0.15, 0.2) is 53.0 Å². The Labute approximate surface area is 177 Å². The maximum Gasteiger partial charge on any atom is 0.273 e. The molecule has 7 heteroatoms. The molecule has 2 heterocycles. The van der Waals surface area contributed by atoms with Gasteiger partial charge in [0, 0.05) is 22.9 Å². The number of para-hydroxylation sites is 1. The normalized spacial score (nSPS) is 18.0.